The molecule has 1 fully saturated rings. The van der Waals surface area contributed by atoms with Gasteiger partial charge >= 0.3 is 0 Å². The van der Waals surface area contributed by atoms with Crippen molar-refractivity contribution in [2.24, 2.45) is 5.92 Å². The molecule has 1 aliphatic rings. The summed E-state index contributed by atoms with van der Waals surface area (Å²) in [6, 6.07) is 11.5. The summed E-state index contributed by atoms with van der Waals surface area (Å²) in [5.74, 6) is -0.583. The average molecular weight is 390 g/mol. The van der Waals surface area contributed by atoms with Crippen molar-refractivity contribution in [3.8, 4) is 0 Å². The fraction of sp³-hybridized carbons (Fsp3) is 0.350. The van der Waals surface area contributed by atoms with Gasteiger partial charge in [-0.05, 0) is 81.4 Å². The molecule has 0 unspecified atom stereocenters. The van der Waals surface area contributed by atoms with Gasteiger partial charge in [0, 0.05) is 11.3 Å². The second kappa shape index (κ2) is 8.19. The normalized spacial score (nSPS) is 16.2. The molecule has 3 rings (SSSR count). The smallest absolute Gasteiger partial charge is 0.255 e. The second-order valence-electron chi connectivity index (χ2n) is 7.02. The van der Waals surface area contributed by atoms with Gasteiger partial charge in [0.15, 0.2) is 9.84 Å². The van der Waals surface area contributed by atoms with Crippen molar-refractivity contribution in [3.63, 3.8) is 0 Å². The molecule has 27 heavy (non-hydrogen) atoms. The molecule has 1 amide bonds. The number of anilines is 1. The first-order valence-electron chi connectivity index (χ1n) is 8.92. The van der Waals surface area contributed by atoms with E-state index in [9.17, 15) is 17.6 Å². The summed E-state index contributed by atoms with van der Waals surface area (Å²) < 4.78 is 38.5. The van der Waals surface area contributed by atoms with Crippen LogP contribution in [0.3, 0.4) is 0 Å². The Kier molecular flexibility index (Phi) is 5.92. The van der Waals surface area contributed by atoms with Crippen LogP contribution in [0.1, 0.15) is 23.2 Å². The van der Waals surface area contributed by atoms with Gasteiger partial charge in [-0.15, -0.1) is 0 Å². The number of hydrogen-bond donors (Lipinski definition) is 1. The predicted octanol–water partition coefficient (Wildman–Crippen LogP) is 3.19. The van der Waals surface area contributed by atoms with E-state index in [4.69, 9.17) is 0 Å². The van der Waals surface area contributed by atoms with Crippen molar-refractivity contribution in [3.05, 3.63) is 59.9 Å². The highest BCUT2D eigenvalue weighted by molar-refractivity contribution is 7.91. The Morgan fingerprint density at radius 1 is 1.15 bits per heavy atom. The van der Waals surface area contributed by atoms with E-state index in [1.54, 1.807) is 12.1 Å². The molecule has 0 radical (unpaired) electrons. The number of nitrogens with one attached hydrogen (secondary N) is 1. The van der Waals surface area contributed by atoms with Crippen molar-refractivity contribution >= 4 is 21.4 Å². The zero-order valence-corrected chi connectivity index (χ0v) is 16.0. The van der Waals surface area contributed by atoms with Gasteiger partial charge in [-0.2, -0.15) is 0 Å². The van der Waals surface area contributed by atoms with E-state index in [1.807, 2.05) is 7.05 Å². The maximum Gasteiger partial charge on any atom is 0.255 e. The van der Waals surface area contributed by atoms with E-state index >= 15 is 0 Å². The molecule has 1 saturated heterocycles. The lowest BCUT2D eigenvalue weighted by molar-refractivity contribution is 0.102. The minimum absolute atomic E-state index is 0.101. The minimum atomic E-state index is -3.46. The molecule has 0 aromatic heterocycles. The molecular weight excluding hydrogens is 367 g/mol. The van der Waals surface area contributed by atoms with E-state index in [-0.39, 0.29) is 22.1 Å². The molecule has 1 aliphatic heterocycles. The largest absolute Gasteiger partial charge is 0.322 e. The number of halogens is 1. The highest BCUT2D eigenvalue weighted by Gasteiger charge is 2.25. The zero-order chi connectivity index (χ0) is 19.4. The lowest BCUT2D eigenvalue weighted by Gasteiger charge is -2.28. The first-order chi connectivity index (χ1) is 12.8. The number of sulfone groups is 1. The quantitative estimate of drug-likeness (QED) is 0.851. The van der Waals surface area contributed by atoms with Gasteiger partial charge in [0.1, 0.15) is 5.82 Å². The predicted molar refractivity (Wildman–Crippen MR) is 103 cm³/mol. The number of carbonyl (C=O) groups excluding carboxylic acids is 1. The van der Waals surface area contributed by atoms with Gasteiger partial charge in [0.2, 0.25) is 0 Å². The van der Waals surface area contributed by atoms with Crippen LogP contribution < -0.4 is 5.32 Å². The van der Waals surface area contributed by atoms with E-state index in [0.29, 0.717) is 5.69 Å². The Morgan fingerprint density at radius 2 is 1.81 bits per heavy atom. The number of hydrogen-bond acceptors (Lipinski definition) is 4. The van der Waals surface area contributed by atoms with Gasteiger partial charge in [-0.1, -0.05) is 6.07 Å². The maximum atomic E-state index is 13.0. The topological polar surface area (TPSA) is 66.5 Å². The standard InChI is InChI=1S/C20H23FN2O3S/c1-23-11-9-15(10-12-23)14-27(25,26)19-4-2-3-16(13-19)20(24)22-18-7-5-17(21)6-8-18/h2-8,13,15H,9-12,14H2,1H3,(H,22,24). The summed E-state index contributed by atoms with van der Waals surface area (Å²) in [7, 11) is -1.42. The number of piperidine rings is 1. The van der Waals surface area contributed by atoms with E-state index in [0.717, 1.165) is 25.9 Å². The molecule has 0 atom stereocenters. The highest BCUT2D eigenvalue weighted by atomic mass is 32.2. The van der Waals surface area contributed by atoms with Crippen LogP contribution in [0.2, 0.25) is 0 Å². The molecular formula is C20H23FN2O3S. The summed E-state index contributed by atoms with van der Waals surface area (Å²) in [5, 5.41) is 2.64. The van der Waals surface area contributed by atoms with Crippen LogP contribution in [-0.4, -0.2) is 45.1 Å². The minimum Gasteiger partial charge on any atom is -0.322 e. The molecule has 1 heterocycles. The lowest BCUT2D eigenvalue weighted by Crippen LogP contribution is -2.33. The van der Waals surface area contributed by atoms with Gasteiger partial charge in [-0.25, -0.2) is 12.8 Å². The second-order valence-corrected chi connectivity index (χ2v) is 9.05. The Morgan fingerprint density at radius 3 is 2.48 bits per heavy atom. The van der Waals surface area contributed by atoms with E-state index in [1.165, 1.54) is 36.4 Å². The van der Waals surface area contributed by atoms with Crippen LogP contribution >= 0.6 is 0 Å². The van der Waals surface area contributed by atoms with E-state index in [2.05, 4.69) is 10.2 Å². The summed E-state index contributed by atoms with van der Waals surface area (Å²) in [4.78, 5) is 14.8. The summed E-state index contributed by atoms with van der Waals surface area (Å²) in [5.41, 5.74) is 0.699. The van der Waals surface area contributed by atoms with Crippen LogP contribution in [0.25, 0.3) is 0 Å². The number of rotatable bonds is 5. The van der Waals surface area contributed by atoms with Crippen molar-refractivity contribution in [2.45, 2.75) is 17.7 Å². The molecule has 0 saturated carbocycles. The fourth-order valence-corrected chi connectivity index (χ4v) is 4.94. The highest BCUT2D eigenvalue weighted by Crippen LogP contribution is 2.23. The Labute approximate surface area is 159 Å². The van der Waals surface area contributed by atoms with Crippen molar-refractivity contribution in [2.75, 3.05) is 31.2 Å². The van der Waals surface area contributed by atoms with Crippen LogP contribution in [0, 0.1) is 11.7 Å². The maximum absolute atomic E-state index is 13.0. The first-order valence-corrected chi connectivity index (χ1v) is 10.6. The third-order valence-corrected chi connectivity index (χ3v) is 6.73. The van der Waals surface area contributed by atoms with Crippen molar-refractivity contribution in [1.29, 1.82) is 0 Å². The van der Waals surface area contributed by atoms with Gasteiger partial charge in [0.25, 0.3) is 5.91 Å². The molecule has 1 N–H and O–H groups in total. The lowest BCUT2D eigenvalue weighted by atomic mass is 10.00. The zero-order valence-electron chi connectivity index (χ0n) is 15.2. The Balaban J connectivity index is 1.72. The third kappa shape index (κ3) is 5.14. The van der Waals surface area contributed by atoms with Gasteiger partial charge in [-0.3, -0.25) is 4.79 Å². The number of carbonyl (C=O) groups is 1. The molecule has 0 spiro atoms. The van der Waals surface area contributed by atoms with Crippen LogP contribution in [-0.2, 0) is 9.84 Å². The fourth-order valence-electron chi connectivity index (χ4n) is 3.20. The molecule has 0 aliphatic carbocycles. The molecule has 5 nitrogen and oxygen atoms in total. The molecule has 2 aromatic rings. The Hall–Kier alpha value is -2.25. The Bertz CT molecular complexity index is 905. The summed E-state index contributed by atoms with van der Waals surface area (Å²) >= 11 is 0. The van der Waals surface area contributed by atoms with Crippen LogP contribution in [0.4, 0.5) is 10.1 Å². The third-order valence-electron chi connectivity index (χ3n) is 4.85. The van der Waals surface area contributed by atoms with Crippen LogP contribution in [0.5, 0.6) is 0 Å². The molecule has 2 aromatic carbocycles. The molecule has 7 heteroatoms. The van der Waals surface area contributed by atoms with Gasteiger partial charge in [0.05, 0.1) is 10.6 Å². The number of amides is 1. The summed E-state index contributed by atoms with van der Waals surface area (Å²) in [6.07, 6.45) is 1.72. The van der Waals surface area contributed by atoms with Gasteiger partial charge < -0.3 is 10.2 Å². The van der Waals surface area contributed by atoms with Crippen LogP contribution in [0.15, 0.2) is 53.4 Å². The monoisotopic (exact) mass is 390 g/mol. The first kappa shape index (κ1) is 19.5. The summed E-state index contributed by atoms with van der Waals surface area (Å²) in [6.45, 7) is 1.81. The average Bonchev–Trinajstić information content (AvgIpc) is 2.65. The molecule has 0 bridgehead atoms. The number of benzene rings is 2. The number of nitrogens with zero attached hydrogens (tertiary/aromatic N) is 1. The molecule has 144 valence electrons. The number of likely N-dealkylation sites (tertiary alicyclic amines) is 1. The SMILES string of the molecule is CN1CCC(CS(=O)(=O)c2cccc(C(=O)Nc3ccc(F)cc3)c2)CC1. The van der Waals surface area contributed by atoms with E-state index < -0.39 is 21.6 Å². The van der Waals surface area contributed by atoms with Crippen molar-refractivity contribution < 1.29 is 17.6 Å². The van der Waals surface area contributed by atoms with Crippen molar-refractivity contribution in [1.82, 2.24) is 4.90 Å².